The minimum Gasteiger partial charge on any atom is -0.345 e. The Balaban J connectivity index is 1.38. The van der Waals surface area contributed by atoms with Gasteiger partial charge in [-0.2, -0.15) is 4.37 Å². The van der Waals surface area contributed by atoms with Gasteiger partial charge in [0.25, 0.3) is 0 Å². The fourth-order valence-electron chi connectivity index (χ4n) is 3.10. The van der Waals surface area contributed by atoms with E-state index in [1.54, 1.807) is 0 Å². The average molecular weight is 306 g/mol. The van der Waals surface area contributed by atoms with Crippen LogP contribution in [0.3, 0.4) is 0 Å². The van der Waals surface area contributed by atoms with Gasteiger partial charge in [-0.15, -0.1) is 0 Å². The normalized spacial score (nSPS) is 23.8. The van der Waals surface area contributed by atoms with Gasteiger partial charge < -0.3 is 9.80 Å². The van der Waals surface area contributed by atoms with Crippen LogP contribution in [-0.2, 0) is 4.79 Å². The molecule has 6 heteroatoms. The minimum atomic E-state index is 0.319. The molecule has 1 saturated heterocycles. The standard InChI is InChI=1S/C15H22N4OS/c20-14(12-3-1-4-12)18-7-2-8-19(10-9-18)15-16-13(17-21-15)11-5-6-11/h11-12H,1-10H2. The van der Waals surface area contributed by atoms with Crippen molar-refractivity contribution < 1.29 is 4.79 Å². The van der Waals surface area contributed by atoms with Crippen molar-refractivity contribution in [3.05, 3.63) is 5.82 Å². The maximum atomic E-state index is 12.4. The molecule has 0 bridgehead atoms. The Kier molecular flexibility index (Phi) is 3.57. The van der Waals surface area contributed by atoms with E-state index >= 15 is 0 Å². The van der Waals surface area contributed by atoms with Crippen LogP contribution in [0.25, 0.3) is 0 Å². The molecule has 0 unspecified atom stereocenters. The maximum absolute atomic E-state index is 12.4. The number of hydrogen-bond acceptors (Lipinski definition) is 5. The molecule has 0 radical (unpaired) electrons. The van der Waals surface area contributed by atoms with E-state index in [-0.39, 0.29) is 0 Å². The van der Waals surface area contributed by atoms with Gasteiger partial charge in [-0.3, -0.25) is 4.79 Å². The summed E-state index contributed by atoms with van der Waals surface area (Å²) in [6.45, 7) is 3.64. The quantitative estimate of drug-likeness (QED) is 0.859. The molecule has 1 aliphatic heterocycles. The Bertz CT molecular complexity index is 523. The molecule has 0 aromatic carbocycles. The van der Waals surface area contributed by atoms with E-state index in [4.69, 9.17) is 4.98 Å². The van der Waals surface area contributed by atoms with Crippen molar-refractivity contribution in [2.24, 2.45) is 5.92 Å². The first kappa shape index (κ1) is 13.5. The zero-order valence-corrected chi connectivity index (χ0v) is 13.1. The van der Waals surface area contributed by atoms with Crippen LogP contribution in [0.1, 0.15) is 50.3 Å². The van der Waals surface area contributed by atoms with Crippen molar-refractivity contribution >= 4 is 22.6 Å². The molecular weight excluding hydrogens is 284 g/mol. The lowest BCUT2D eigenvalue weighted by molar-refractivity contribution is -0.137. The number of carbonyl (C=O) groups excluding carboxylic acids is 1. The second-order valence-electron chi connectivity index (χ2n) is 6.50. The summed E-state index contributed by atoms with van der Waals surface area (Å²) in [4.78, 5) is 21.5. The van der Waals surface area contributed by atoms with Gasteiger partial charge in [0.15, 0.2) is 0 Å². The van der Waals surface area contributed by atoms with Crippen molar-refractivity contribution in [3.8, 4) is 0 Å². The largest absolute Gasteiger partial charge is 0.345 e. The lowest BCUT2D eigenvalue weighted by Crippen LogP contribution is -2.41. The Morgan fingerprint density at radius 2 is 1.90 bits per heavy atom. The summed E-state index contributed by atoms with van der Waals surface area (Å²) in [5.41, 5.74) is 0. The second-order valence-corrected chi connectivity index (χ2v) is 7.23. The zero-order valence-electron chi connectivity index (χ0n) is 12.3. The summed E-state index contributed by atoms with van der Waals surface area (Å²) in [6.07, 6.45) is 6.96. The molecule has 2 saturated carbocycles. The topological polar surface area (TPSA) is 49.3 Å². The fourth-order valence-corrected chi connectivity index (χ4v) is 3.90. The first-order valence-electron chi connectivity index (χ1n) is 8.18. The van der Waals surface area contributed by atoms with E-state index < -0.39 is 0 Å². The van der Waals surface area contributed by atoms with E-state index in [9.17, 15) is 4.79 Å². The molecule has 3 fully saturated rings. The van der Waals surface area contributed by atoms with Crippen LogP contribution in [0.5, 0.6) is 0 Å². The van der Waals surface area contributed by atoms with Crippen molar-refractivity contribution in [2.45, 2.75) is 44.4 Å². The van der Waals surface area contributed by atoms with Crippen molar-refractivity contribution in [3.63, 3.8) is 0 Å². The van der Waals surface area contributed by atoms with E-state index in [0.29, 0.717) is 17.7 Å². The number of aromatic nitrogens is 2. The number of anilines is 1. The van der Waals surface area contributed by atoms with Crippen molar-refractivity contribution in [2.75, 3.05) is 31.1 Å². The van der Waals surface area contributed by atoms with Crippen LogP contribution in [0.4, 0.5) is 5.13 Å². The third-order valence-electron chi connectivity index (χ3n) is 4.91. The number of hydrogen-bond donors (Lipinski definition) is 0. The number of amides is 1. The molecule has 1 amide bonds. The Morgan fingerprint density at radius 3 is 2.62 bits per heavy atom. The summed E-state index contributed by atoms with van der Waals surface area (Å²) in [5.74, 6) is 2.37. The Labute approximate surface area is 129 Å². The van der Waals surface area contributed by atoms with Crippen LogP contribution < -0.4 is 4.90 Å². The van der Waals surface area contributed by atoms with Gasteiger partial charge in [-0.25, -0.2) is 4.98 Å². The number of rotatable bonds is 3. The van der Waals surface area contributed by atoms with Gasteiger partial charge in [0.05, 0.1) is 0 Å². The van der Waals surface area contributed by atoms with Crippen LogP contribution in [-0.4, -0.2) is 46.3 Å². The molecule has 21 heavy (non-hydrogen) atoms. The summed E-state index contributed by atoms with van der Waals surface area (Å²) in [6, 6.07) is 0. The highest BCUT2D eigenvalue weighted by atomic mass is 32.1. The first-order valence-corrected chi connectivity index (χ1v) is 8.96. The molecule has 114 valence electrons. The summed E-state index contributed by atoms with van der Waals surface area (Å²) >= 11 is 1.53. The zero-order chi connectivity index (χ0) is 14.2. The molecule has 2 heterocycles. The van der Waals surface area contributed by atoms with Gasteiger partial charge >= 0.3 is 0 Å². The maximum Gasteiger partial charge on any atom is 0.225 e. The van der Waals surface area contributed by atoms with Gasteiger partial charge in [-0.05, 0) is 32.1 Å². The van der Waals surface area contributed by atoms with Crippen LogP contribution in [0.15, 0.2) is 0 Å². The third-order valence-corrected chi connectivity index (χ3v) is 5.70. The smallest absolute Gasteiger partial charge is 0.225 e. The van der Waals surface area contributed by atoms with Crippen molar-refractivity contribution in [1.29, 1.82) is 0 Å². The van der Waals surface area contributed by atoms with Crippen LogP contribution >= 0.6 is 11.5 Å². The minimum absolute atomic E-state index is 0.319. The van der Waals surface area contributed by atoms with Crippen LogP contribution in [0, 0.1) is 5.92 Å². The molecule has 3 aliphatic rings. The highest BCUT2D eigenvalue weighted by Crippen LogP contribution is 2.39. The Morgan fingerprint density at radius 1 is 1.05 bits per heavy atom. The summed E-state index contributed by atoms with van der Waals surface area (Å²) < 4.78 is 4.50. The van der Waals surface area contributed by atoms with E-state index in [2.05, 4.69) is 14.2 Å². The number of carbonyl (C=O) groups is 1. The summed E-state index contributed by atoms with van der Waals surface area (Å²) in [5, 5.41) is 1.05. The highest BCUT2D eigenvalue weighted by Gasteiger charge is 2.31. The SMILES string of the molecule is O=C(C1CCC1)N1CCCN(c2nc(C3CC3)ns2)CC1. The van der Waals surface area contributed by atoms with E-state index in [1.807, 2.05) is 0 Å². The molecule has 0 atom stereocenters. The molecule has 0 spiro atoms. The van der Waals surface area contributed by atoms with Crippen LogP contribution in [0.2, 0.25) is 0 Å². The lowest BCUT2D eigenvalue weighted by atomic mass is 9.84. The van der Waals surface area contributed by atoms with E-state index in [1.165, 1.54) is 30.8 Å². The molecule has 1 aromatic rings. The molecule has 4 rings (SSSR count). The highest BCUT2D eigenvalue weighted by molar-refractivity contribution is 7.09. The predicted molar refractivity (Wildman–Crippen MR) is 82.6 cm³/mol. The lowest BCUT2D eigenvalue weighted by Gasteiger charge is -2.30. The number of nitrogens with zero attached hydrogens (tertiary/aromatic N) is 4. The molecule has 1 aromatic heterocycles. The first-order chi connectivity index (χ1) is 10.3. The molecular formula is C15H22N4OS. The summed E-state index contributed by atoms with van der Waals surface area (Å²) in [7, 11) is 0. The Hall–Kier alpha value is -1.17. The fraction of sp³-hybridized carbons (Fsp3) is 0.800. The average Bonchev–Trinajstić information content (AvgIpc) is 3.20. The molecule has 5 nitrogen and oxygen atoms in total. The third kappa shape index (κ3) is 2.78. The van der Waals surface area contributed by atoms with Gasteiger partial charge in [0, 0.05) is 49.5 Å². The molecule has 2 aliphatic carbocycles. The van der Waals surface area contributed by atoms with Gasteiger partial charge in [0.2, 0.25) is 11.0 Å². The molecule has 0 N–H and O–H groups in total. The predicted octanol–water partition coefficient (Wildman–Crippen LogP) is 2.25. The van der Waals surface area contributed by atoms with Gasteiger partial charge in [0.1, 0.15) is 5.82 Å². The van der Waals surface area contributed by atoms with E-state index in [0.717, 1.165) is 56.4 Å². The van der Waals surface area contributed by atoms with Gasteiger partial charge in [-0.1, -0.05) is 6.42 Å². The monoisotopic (exact) mass is 306 g/mol. The second kappa shape index (κ2) is 5.55. The van der Waals surface area contributed by atoms with Crippen molar-refractivity contribution in [1.82, 2.24) is 14.3 Å².